The van der Waals surface area contributed by atoms with Crippen molar-refractivity contribution in [3.05, 3.63) is 76.1 Å². The van der Waals surface area contributed by atoms with Crippen molar-refractivity contribution in [3.63, 3.8) is 0 Å². The SMILES string of the molecule is COCCOc1ccc(-c2n[nH]c(C(F)(F)F)c2Cc2cnc(C(=O)Nc3ccc(C(=O)N4CCN(C(=O)C5CCNCC5)CC4)c(Cl)c3)[nH]2)nc1. The van der Waals surface area contributed by atoms with Crippen molar-refractivity contribution in [1.29, 1.82) is 0 Å². The van der Waals surface area contributed by atoms with Gasteiger partial charge in [-0.05, 0) is 56.3 Å². The number of piperazine rings is 1. The molecule has 18 heteroatoms. The molecule has 5 heterocycles. The summed E-state index contributed by atoms with van der Waals surface area (Å²) < 4.78 is 52.3. The van der Waals surface area contributed by atoms with Crippen LogP contribution in [-0.4, -0.2) is 112 Å². The van der Waals surface area contributed by atoms with Crippen LogP contribution in [0.3, 0.4) is 0 Å². The maximum atomic E-state index is 14.0. The van der Waals surface area contributed by atoms with Gasteiger partial charge in [0.15, 0.2) is 5.82 Å². The lowest BCUT2D eigenvalue weighted by Gasteiger charge is -2.37. The van der Waals surface area contributed by atoms with Gasteiger partial charge in [-0.15, -0.1) is 0 Å². The molecule has 0 radical (unpaired) electrons. The van der Waals surface area contributed by atoms with Crippen molar-refractivity contribution >= 4 is 35.0 Å². The summed E-state index contributed by atoms with van der Waals surface area (Å²) in [6.45, 7) is 3.93. The number of nitrogens with one attached hydrogen (secondary N) is 4. The molecule has 0 aliphatic carbocycles. The highest BCUT2D eigenvalue weighted by Crippen LogP contribution is 2.36. The van der Waals surface area contributed by atoms with Crippen LogP contribution in [0.25, 0.3) is 11.4 Å². The Labute approximate surface area is 301 Å². The van der Waals surface area contributed by atoms with Gasteiger partial charge in [0, 0.05) is 68.8 Å². The van der Waals surface area contributed by atoms with Gasteiger partial charge in [0.05, 0.1) is 29.1 Å². The van der Waals surface area contributed by atoms with Crippen LogP contribution in [0.2, 0.25) is 5.02 Å². The molecule has 0 spiro atoms. The lowest BCUT2D eigenvalue weighted by molar-refractivity contribution is -0.141. The van der Waals surface area contributed by atoms with Gasteiger partial charge in [-0.3, -0.25) is 24.5 Å². The number of imidazole rings is 1. The fourth-order valence-electron chi connectivity index (χ4n) is 6.17. The zero-order valence-corrected chi connectivity index (χ0v) is 28.9. The number of ether oxygens (including phenoxy) is 2. The molecule has 276 valence electrons. The lowest BCUT2D eigenvalue weighted by atomic mass is 9.96. The number of aromatic amines is 2. The zero-order valence-electron chi connectivity index (χ0n) is 28.2. The molecule has 3 aromatic heterocycles. The first-order valence-corrected chi connectivity index (χ1v) is 17.1. The summed E-state index contributed by atoms with van der Waals surface area (Å²) in [5.41, 5.74) is -0.339. The fraction of sp³-hybridized carbons (Fsp3) is 0.412. The van der Waals surface area contributed by atoms with Gasteiger partial charge < -0.3 is 34.9 Å². The van der Waals surface area contributed by atoms with Crippen LogP contribution in [0.4, 0.5) is 18.9 Å². The number of hydrogen-bond acceptors (Lipinski definition) is 9. The van der Waals surface area contributed by atoms with E-state index in [1.165, 1.54) is 43.8 Å². The van der Waals surface area contributed by atoms with E-state index in [1.807, 2.05) is 4.90 Å². The molecule has 1 aromatic carbocycles. The second-order valence-electron chi connectivity index (χ2n) is 12.4. The molecule has 52 heavy (non-hydrogen) atoms. The van der Waals surface area contributed by atoms with Crippen molar-refractivity contribution in [3.8, 4) is 17.1 Å². The van der Waals surface area contributed by atoms with E-state index in [2.05, 4.69) is 35.8 Å². The number of amides is 3. The van der Waals surface area contributed by atoms with Gasteiger partial charge in [0.25, 0.3) is 11.8 Å². The number of alkyl halides is 3. The van der Waals surface area contributed by atoms with Gasteiger partial charge in [-0.1, -0.05) is 11.6 Å². The van der Waals surface area contributed by atoms with E-state index in [0.717, 1.165) is 25.9 Å². The molecule has 14 nitrogen and oxygen atoms in total. The monoisotopic (exact) mass is 743 g/mol. The average Bonchev–Trinajstić information content (AvgIpc) is 3.80. The van der Waals surface area contributed by atoms with E-state index in [0.29, 0.717) is 38.5 Å². The van der Waals surface area contributed by atoms with E-state index in [4.69, 9.17) is 21.1 Å². The number of methoxy groups -OCH3 is 1. The number of H-pyrrole nitrogens is 2. The maximum Gasteiger partial charge on any atom is 0.433 e. The number of aromatic nitrogens is 5. The van der Waals surface area contributed by atoms with E-state index < -0.39 is 17.8 Å². The summed E-state index contributed by atoms with van der Waals surface area (Å²) in [7, 11) is 1.53. The van der Waals surface area contributed by atoms with Crippen molar-refractivity contribution in [2.45, 2.75) is 25.4 Å². The van der Waals surface area contributed by atoms with Gasteiger partial charge in [0.1, 0.15) is 23.7 Å². The quantitative estimate of drug-likeness (QED) is 0.166. The Hall–Kier alpha value is -5.00. The van der Waals surface area contributed by atoms with E-state index in [9.17, 15) is 27.6 Å². The molecule has 2 fully saturated rings. The van der Waals surface area contributed by atoms with Crippen LogP contribution >= 0.6 is 11.6 Å². The predicted molar refractivity (Wildman–Crippen MR) is 183 cm³/mol. The lowest BCUT2D eigenvalue weighted by Crippen LogP contribution is -2.52. The van der Waals surface area contributed by atoms with Crippen LogP contribution in [0, 0.1) is 5.92 Å². The first-order valence-electron chi connectivity index (χ1n) is 16.7. The molecule has 4 N–H and O–H groups in total. The minimum absolute atomic E-state index is 0.0131. The minimum atomic E-state index is -4.74. The third-order valence-electron chi connectivity index (χ3n) is 8.92. The number of carbonyl (C=O) groups excluding carboxylic acids is 3. The highest BCUT2D eigenvalue weighted by atomic mass is 35.5. The van der Waals surface area contributed by atoms with Crippen molar-refractivity contribution < 1.29 is 37.0 Å². The van der Waals surface area contributed by atoms with Gasteiger partial charge in [-0.25, -0.2) is 4.98 Å². The minimum Gasteiger partial charge on any atom is -0.490 e. The highest BCUT2D eigenvalue weighted by molar-refractivity contribution is 6.34. The highest BCUT2D eigenvalue weighted by Gasteiger charge is 2.38. The second kappa shape index (κ2) is 16.1. The van der Waals surface area contributed by atoms with Crippen LogP contribution < -0.4 is 15.4 Å². The summed E-state index contributed by atoms with van der Waals surface area (Å²) in [6, 6.07) is 7.52. The molecule has 0 saturated carbocycles. The zero-order chi connectivity index (χ0) is 36.8. The number of pyridine rings is 1. The van der Waals surface area contributed by atoms with Crippen molar-refractivity contribution in [1.82, 2.24) is 40.3 Å². The second-order valence-corrected chi connectivity index (χ2v) is 12.8. The first kappa shape index (κ1) is 36.8. The Morgan fingerprint density at radius 1 is 1.00 bits per heavy atom. The largest absolute Gasteiger partial charge is 0.490 e. The summed E-state index contributed by atoms with van der Waals surface area (Å²) >= 11 is 6.48. The van der Waals surface area contributed by atoms with Crippen molar-refractivity contribution in [2.75, 3.05) is 64.9 Å². The Morgan fingerprint density at radius 2 is 1.75 bits per heavy atom. The molecule has 2 saturated heterocycles. The first-order chi connectivity index (χ1) is 25.0. The number of halogens is 4. The molecular formula is C34H37ClF3N9O5. The van der Waals surface area contributed by atoms with Crippen LogP contribution in [-0.2, 0) is 22.1 Å². The number of carbonyl (C=O) groups is 3. The molecule has 6 rings (SSSR count). The number of rotatable bonds is 11. The van der Waals surface area contributed by atoms with Gasteiger partial charge in [0.2, 0.25) is 5.91 Å². The average molecular weight is 744 g/mol. The van der Waals surface area contributed by atoms with Gasteiger partial charge >= 0.3 is 6.18 Å². The number of hydrogen-bond donors (Lipinski definition) is 4. The van der Waals surface area contributed by atoms with Crippen LogP contribution in [0.5, 0.6) is 5.75 Å². The summed E-state index contributed by atoms with van der Waals surface area (Å²) in [5, 5.41) is 12.0. The summed E-state index contributed by atoms with van der Waals surface area (Å²) in [5.74, 6) is -0.555. The van der Waals surface area contributed by atoms with Gasteiger partial charge in [-0.2, -0.15) is 18.3 Å². The number of nitrogens with zero attached hydrogens (tertiary/aromatic N) is 5. The Balaban J connectivity index is 1.08. The maximum absolute atomic E-state index is 14.0. The molecule has 3 amide bonds. The van der Waals surface area contributed by atoms with Crippen LogP contribution in [0.1, 0.15) is 50.8 Å². The fourth-order valence-corrected chi connectivity index (χ4v) is 6.43. The smallest absolute Gasteiger partial charge is 0.433 e. The summed E-state index contributed by atoms with van der Waals surface area (Å²) in [6.07, 6.45) is -0.763. The molecule has 4 aromatic rings. The molecule has 2 aliphatic heterocycles. The summed E-state index contributed by atoms with van der Waals surface area (Å²) in [4.78, 5) is 53.8. The third-order valence-corrected chi connectivity index (χ3v) is 9.23. The van der Waals surface area contributed by atoms with E-state index in [1.54, 1.807) is 11.0 Å². The Morgan fingerprint density at radius 3 is 2.42 bits per heavy atom. The standard InChI is InChI=1S/C34H37ClF3N9O5/c1-51-14-15-52-23-3-5-27(40-19-23)28-25(29(45-44-28)34(36,37)38)16-22-18-41-30(42-22)31(48)43-21-2-4-24(26(35)17-21)33(50)47-12-10-46(11-13-47)32(49)20-6-8-39-9-7-20/h2-5,17-20,39H,6-16H2,1H3,(H,41,42)(H,43,48)(H,44,45). The molecule has 0 atom stereocenters. The van der Waals surface area contributed by atoms with E-state index in [-0.39, 0.29) is 75.5 Å². The Bertz CT molecular complexity index is 1890. The van der Waals surface area contributed by atoms with E-state index >= 15 is 0 Å². The molecule has 0 bridgehead atoms. The number of benzene rings is 1. The van der Waals surface area contributed by atoms with Crippen LogP contribution in [0.15, 0.2) is 42.7 Å². The number of piperidine rings is 1. The number of anilines is 1. The topological polar surface area (TPSA) is 170 Å². The third kappa shape index (κ3) is 8.54. The molecule has 2 aliphatic rings. The Kier molecular flexibility index (Phi) is 11.4. The molecular weight excluding hydrogens is 707 g/mol. The predicted octanol–water partition coefficient (Wildman–Crippen LogP) is 4.02. The van der Waals surface area contributed by atoms with Crippen molar-refractivity contribution in [2.24, 2.45) is 5.92 Å². The normalized spacial score (nSPS) is 15.5. The molecule has 0 unspecified atom stereocenters.